The molecule has 0 unspecified atom stereocenters. The molecule has 0 aromatic rings. The minimum absolute atomic E-state index is 1.17. The van der Waals surface area contributed by atoms with Crippen molar-refractivity contribution in [2.75, 3.05) is 6.66 Å². The van der Waals surface area contributed by atoms with Crippen LogP contribution in [0.4, 0.5) is 0 Å². The van der Waals surface area contributed by atoms with Gasteiger partial charge in [0.15, 0.2) is 0 Å². The molecule has 0 nitrogen and oxygen atoms in total. The summed E-state index contributed by atoms with van der Waals surface area (Å²) in [6, 6.07) is 0. The minimum atomic E-state index is 1.17. The zero-order valence-electron chi connectivity index (χ0n) is 4.31. The van der Waals surface area contributed by atoms with Crippen LogP contribution in [0, 0.1) is 0 Å². The molecule has 0 rings (SSSR count). The lowest BCUT2D eigenvalue weighted by Gasteiger charge is -1.71. The minimum Gasteiger partial charge on any atom is -0.0840 e. The highest BCUT2D eigenvalue weighted by atomic mass is 31.1. The molecule has 0 amide bonds. The summed E-state index contributed by atoms with van der Waals surface area (Å²) in [5.41, 5.74) is 0. The van der Waals surface area contributed by atoms with Gasteiger partial charge in [-0.1, -0.05) is 27.4 Å². The van der Waals surface area contributed by atoms with Crippen LogP contribution in [0.5, 0.6) is 0 Å². The van der Waals surface area contributed by atoms with E-state index in [2.05, 4.69) is 25.5 Å². The van der Waals surface area contributed by atoms with E-state index in [9.17, 15) is 0 Å². The highest BCUT2D eigenvalue weighted by molar-refractivity contribution is 7.40. The van der Waals surface area contributed by atoms with Crippen molar-refractivity contribution < 1.29 is 0 Å². The number of allylic oxidation sites excluding steroid dienone is 1. The SMILES string of the molecule is CC/C=C/[P]C. The molecule has 0 aliphatic carbocycles. The summed E-state index contributed by atoms with van der Waals surface area (Å²) in [6.45, 7) is 4.26. The average molecular weight is 101 g/mol. The van der Waals surface area contributed by atoms with E-state index in [4.69, 9.17) is 0 Å². The Morgan fingerprint density at radius 2 is 2.33 bits per heavy atom. The first kappa shape index (κ1) is 6.17. The van der Waals surface area contributed by atoms with Gasteiger partial charge in [0, 0.05) is 0 Å². The van der Waals surface area contributed by atoms with Gasteiger partial charge in [0.1, 0.15) is 0 Å². The number of hydrogen-bond donors (Lipinski definition) is 0. The van der Waals surface area contributed by atoms with Crippen LogP contribution >= 0.6 is 8.58 Å². The fourth-order valence-electron chi connectivity index (χ4n) is 0.211. The molecular weight excluding hydrogens is 91.0 g/mol. The van der Waals surface area contributed by atoms with Gasteiger partial charge < -0.3 is 0 Å². The fraction of sp³-hybridized carbons (Fsp3) is 0.600. The molecule has 0 aromatic carbocycles. The summed E-state index contributed by atoms with van der Waals surface area (Å²) in [5.74, 6) is 2.15. The molecule has 0 spiro atoms. The Hall–Kier alpha value is 0.170. The molecule has 1 radical (unpaired) electrons. The van der Waals surface area contributed by atoms with Gasteiger partial charge in [-0.3, -0.25) is 0 Å². The summed E-state index contributed by atoms with van der Waals surface area (Å²) < 4.78 is 0. The van der Waals surface area contributed by atoms with Gasteiger partial charge >= 0.3 is 0 Å². The maximum Gasteiger partial charge on any atom is -0.0368 e. The zero-order chi connectivity index (χ0) is 4.83. The van der Waals surface area contributed by atoms with Crippen LogP contribution in [0.15, 0.2) is 11.9 Å². The smallest absolute Gasteiger partial charge is 0.0368 e. The molecule has 0 aliphatic heterocycles. The Bertz CT molecular complexity index is 33.2. The summed E-state index contributed by atoms with van der Waals surface area (Å²) >= 11 is 0. The van der Waals surface area contributed by atoms with Crippen LogP contribution < -0.4 is 0 Å². The van der Waals surface area contributed by atoms with Crippen LogP contribution in [0.2, 0.25) is 0 Å². The van der Waals surface area contributed by atoms with Crippen molar-refractivity contribution >= 4 is 8.58 Å². The van der Waals surface area contributed by atoms with E-state index >= 15 is 0 Å². The van der Waals surface area contributed by atoms with Crippen molar-refractivity contribution in [3.05, 3.63) is 11.9 Å². The monoisotopic (exact) mass is 101 g/mol. The van der Waals surface area contributed by atoms with E-state index in [0.717, 1.165) is 0 Å². The topological polar surface area (TPSA) is 0 Å². The van der Waals surface area contributed by atoms with E-state index in [0.29, 0.717) is 0 Å². The molecule has 0 bridgehead atoms. The van der Waals surface area contributed by atoms with Crippen LogP contribution in [0.25, 0.3) is 0 Å². The highest BCUT2D eigenvalue weighted by Crippen LogP contribution is 2.02. The van der Waals surface area contributed by atoms with Gasteiger partial charge in [-0.25, -0.2) is 0 Å². The summed E-state index contributed by atoms with van der Waals surface area (Å²) in [7, 11) is 1.36. The van der Waals surface area contributed by atoms with Crippen molar-refractivity contribution in [1.82, 2.24) is 0 Å². The molecule has 0 aliphatic rings. The number of rotatable bonds is 2. The third kappa shape index (κ3) is 4.17. The van der Waals surface area contributed by atoms with Gasteiger partial charge in [0.05, 0.1) is 0 Å². The zero-order valence-corrected chi connectivity index (χ0v) is 5.20. The lowest BCUT2D eigenvalue weighted by Crippen LogP contribution is -1.44. The first-order valence-corrected chi connectivity index (χ1v) is 3.56. The molecule has 0 saturated heterocycles. The van der Waals surface area contributed by atoms with Gasteiger partial charge in [-0.15, -0.1) is 0 Å². The largest absolute Gasteiger partial charge is 0.0840 e. The maximum absolute atomic E-state index is 2.17. The molecule has 0 aromatic heterocycles. The standard InChI is InChI=1S/C5H10P/c1-3-4-5-6-2/h4-5H,3H2,1-2H3/b5-4+. The number of hydrogen-bond acceptors (Lipinski definition) is 0. The second-order valence-corrected chi connectivity index (χ2v) is 1.87. The van der Waals surface area contributed by atoms with E-state index < -0.39 is 0 Å². The van der Waals surface area contributed by atoms with Crippen LogP contribution in [-0.2, 0) is 0 Å². The van der Waals surface area contributed by atoms with Gasteiger partial charge in [-0.2, -0.15) is 0 Å². The molecule has 35 valence electrons. The van der Waals surface area contributed by atoms with Crippen LogP contribution in [-0.4, -0.2) is 6.66 Å². The van der Waals surface area contributed by atoms with E-state index in [1.54, 1.807) is 0 Å². The molecule has 0 fully saturated rings. The molecule has 0 saturated carbocycles. The lowest BCUT2D eigenvalue weighted by atomic mass is 10.5. The maximum atomic E-state index is 2.17. The average Bonchev–Trinajstić information content (AvgIpc) is 1.61. The van der Waals surface area contributed by atoms with Crippen molar-refractivity contribution in [1.29, 1.82) is 0 Å². The first-order chi connectivity index (χ1) is 2.91. The van der Waals surface area contributed by atoms with Crippen LogP contribution in [0.3, 0.4) is 0 Å². The first-order valence-electron chi connectivity index (χ1n) is 2.15. The Balaban J connectivity index is 2.73. The third-order valence-electron chi connectivity index (χ3n) is 0.490. The van der Waals surface area contributed by atoms with E-state index in [1.807, 2.05) is 0 Å². The van der Waals surface area contributed by atoms with Crippen molar-refractivity contribution in [2.45, 2.75) is 13.3 Å². The highest BCUT2D eigenvalue weighted by Gasteiger charge is 1.60. The van der Waals surface area contributed by atoms with Crippen molar-refractivity contribution in [3.8, 4) is 0 Å². The predicted molar refractivity (Wildman–Crippen MR) is 32.3 cm³/mol. The second kappa shape index (κ2) is 5.17. The Morgan fingerprint density at radius 3 is 2.50 bits per heavy atom. The van der Waals surface area contributed by atoms with Gasteiger partial charge in [-0.05, 0) is 13.1 Å². The predicted octanol–water partition coefficient (Wildman–Crippen LogP) is 2.49. The van der Waals surface area contributed by atoms with Crippen LogP contribution in [0.1, 0.15) is 13.3 Å². The lowest BCUT2D eigenvalue weighted by molar-refractivity contribution is 1.23. The Labute approximate surface area is 41.4 Å². The summed E-state index contributed by atoms with van der Waals surface area (Å²) in [6.07, 6.45) is 3.34. The summed E-state index contributed by atoms with van der Waals surface area (Å²) in [4.78, 5) is 0. The molecule has 0 N–H and O–H groups in total. The Morgan fingerprint density at radius 1 is 1.67 bits per heavy atom. The normalized spacial score (nSPS) is 12.3. The van der Waals surface area contributed by atoms with E-state index in [-0.39, 0.29) is 0 Å². The molecule has 1 heteroatoms. The van der Waals surface area contributed by atoms with E-state index in [1.165, 1.54) is 15.0 Å². The second-order valence-electron chi connectivity index (χ2n) is 1.05. The molecule has 0 heterocycles. The van der Waals surface area contributed by atoms with Gasteiger partial charge in [0.2, 0.25) is 0 Å². The third-order valence-corrected chi connectivity index (χ3v) is 0.999. The van der Waals surface area contributed by atoms with Crippen molar-refractivity contribution in [2.24, 2.45) is 0 Å². The Kier molecular flexibility index (Phi) is 5.32. The molecular formula is C5H10P. The summed E-state index contributed by atoms with van der Waals surface area (Å²) in [5, 5.41) is 0. The quantitative estimate of drug-likeness (QED) is 0.469. The van der Waals surface area contributed by atoms with Gasteiger partial charge in [0.25, 0.3) is 0 Å². The molecule has 6 heavy (non-hydrogen) atoms. The van der Waals surface area contributed by atoms with Crippen molar-refractivity contribution in [3.63, 3.8) is 0 Å². The fourth-order valence-corrected chi connectivity index (χ4v) is 0.632. The molecule has 0 atom stereocenters.